The third-order valence-electron chi connectivity index (χ3n) is 8.97. The summed E-state index contributed by atoms with van der Waals surface area (Å²) < 4.78 is 0. The van der Waals surface area contributed by atoms with Gasteiger partial charge in [0.05, 0.1) is 12.1 Å². The number of amides is 3. The lowest BCUT2D eigenvalue weighted by Crippen LogP contribution is -2.58. The minimum atomic E-state index is -0.816. The molecule has 5 atom stereocenters. The van der Waals surface area contributed by atoms with E-state index in [9.17, 15) is 19.5 Å². The van der Waals surface area contributed by atoms with Crippen LogP contribution in [0.4, 0.5) is 0 Å². The van der Waals surface area contributed by atoms with Crippen LogP contribution in [0.5, 0.6) is 0 Å². The van der Waals surface area contributed by atoms with Gasteiger partial charge in [0.15, 0.2) is 0 Å². The highest BCUT2D eigenvalue weighted by Gasteiger charge is 2.47. The highest BCUT2D eigenvalue weighted by atomic mass is 16.3. The zero-order valence-corrected chi connectivity index (χ0v) is 24.7. The van der Waals surface area contributed by atoms with Crippen LogP contribution in [0, 0.1) is 5.92 Å². The van der Waals surface area contributed by atoms with Gasteiger partial charge in [0.25, 0.3) is 0 Å². The van der Waals surface area contributed by atoms with E-state index >= 15 is 0 Å². The molecule has 8 nitrogen and oxygen atoms in total. The Bertz CT molecular complexity index is 1310. The molecule has 3 amide bonds. The highest BCUT2D eigenvalue weighted by Crippen LogP contribution is 2.35. The third kappa shape index (κ3) is 7.14. The summed E-state index contributed by atoms with van der Waals surface area (Å²) in [7, 11) is 1.74. The Morgan fingerprint density at radius 3 is 2.02 bits per heavy atom. The molecule has 0 unspecified atom stereocenters. The van der Waals surface area contributed by atoms with Crippen LogP contribution in [-0.2, 0) is 20.8 Å². The van der Waals surface area contributed by atoms with Crippen molar-refractivity contribution >= 4 is 17.7 Å². The Balaban J connectivity index is 1.36. The number of fused-ring (bicyclic) bond motifs is 1. The van der Waals surface area contributed by atoms with Crippen LogP contribution in [0.2, 0.25) is 0 Å². The third-order valence-corrected chi connectivity index (χ3v) is 8.97. The lowest BCUT2D eigenvalue weighted by molar-refractivity contribution is -0.144. The molecule has 8 heteroatoms. The molecule has 0 radical (unpaired) electrons. The number of carbonyl (C=O) groups is 3. The van der Waals surface area contributed by atoms with Gasteiger partial charge in [-0.05, 0) is 68.2 Å². The van der Waals surface area contributed by atoms with E-state index in [1.54, 1.807) is 11.9 Å². The van der Waals surface area contributed by atoms with Gasteiger partial charge in [-0.2, -0.15) is 0 Å². The van der Waals surface area contributed by atoms with Crippen LogP contribution < -0.4 is 16.0 Å². The molecule has 2 saturated heterocycles. The largest absolute Gasteiger partial charge is 0.396 e. The maximum absolute atomic E-state index is 14.3. The number of hydrogen-bond acceptors (Lipinski definition) is 5. The van der Waals surface area contributed by atoms with E-state index in [2.05, 4.69) is 16.0 Å². The molecule has 5 rings (SSSR count). The molecule has 0 aliphatic carbocycles. The Kier molecular flexibility index (Phi) is 10.2. The maximum Gasteiger partial charge on any atom is 0.246 e. The summed E-state index contributed by atoms with van der Waals surface area (Å²) in [5.74, 6) is -0.917. The van der Waals surface area contributed by atoms with Crippen LogP contribution in [0.15, 0.2) is 91.0 Å². The summed E-state index contributed by atoms with van der Waals surface area (Å²) in [5, 5.41) is 19.2. The molecular formula is C35H42N4O4. The van der Waals surface area contributed by atoms with E-state index in [0.29, 0.717) is 25.7 Å². The van der Waals surface area contributed by atoms with Gasteiger partial charge in [0.2, 0.25) is 17.7 Å². The van der Waals surface area contributed by atoms with Crippen LogP contribution in [0.3, 0.4) is 0 Å². The van der Waals surface area contributed by atoms with E-state index in [1.807, 2.05) is 91.0 Å². The second kappa shape index (κ2) is 14.4. The zero-order chi connectivity index (χ0) is 30.2. The minimum Gasteiger partial charge on any atom is -0.396 e. The minimum absolute atomic E-state index is 0.0752. The molecule has 2 aliphatic rings. The van der Waals surface area contributed by atoms with Gasteiger partial charge in [-0.1, -0.05) is 91.0 Å². The Morgan fingerprint density at radius 1 is 0.860 bits per heavy atom. The van der Waals surface area contributed by atoms with Crippen LogP contribution in [-0.4, -0.2) is 65.5 Å². The van der Waals surface area contributed by atoms with Crippen molar-refractivity contribution in [2.45, 2.75) is 68.7 Å². The molecule has 2 aliphatic heterocycles. The number of carbonyl (C=O) groups excluding carboxylic acids is 3. The molecule has 3 aromatic carbocycles. The van der Waals surface area contributed by atoms with E-state index in [0.717, 1.165) is 29.5 Å². The standard InChI is InChI=1S/C35H42N4O4/c1-36-29(23-24-11-5-2-6-12-24)33(41)38-32-27(21-22-40)17-18-28-19-20-30(39(28)35(32)43)34(42)37-31(25-13-7-3-8-14-25)26-15-9-4-10-16-26/h2-16,27-32,36,40H,17-23H2,1H3,(H,37,42)(H,38,41)/t27-,28+,29-,30+,32+/m1/s1. The Hall–Kier alpha value is -4.01. The van der Waals surface area contributed by atoms with Crippen molar-refractivity contribution in [2.75, 3.05) is 13.7 Å². The van der Waals surface area contributed by atoms with Crippen LogP contribution in [0.1, 0.15) is 54.8 Å². The maximum atomic E-state index is 14.3. The van der Waals surface area contributed by atoms with Crippen molar-refractivity contribution in [1.82, 2.24) is 20.9 Å². The molecule has 226 valence electrons. The van der Waals surface area contributed by atoms with Crippen molar-refractivity contribution < 1.29 is 19.5 Å². The quantitative estimate of drug-likeness (QED) is 0.277. The zero-order valence-electron chi connectivity index (χ0n) is 24.7. The monoisotopic (exact) mass is 582 g/mol. The number of nitrogens with one attached hydrogen (secondary N) is 3. The molecule has 0 saturated carbocycles. The first kappa shape index (κ1) is 30.4. The average Bonchev–Trinajstić information content (AvgIpc) is 3.43. The fraction of sp³-hybridized carbons (Fsp3) is 0.400. The smallest absolute Gasteiger partial charge is 0.246 e. The highest BCUT2D eigenvalue weighted by molar-refractivity contribution is 5.94. The molecule has 0 aromatic heterocycles. The number of hydrogen-bond donors (Lipinski definition) is 4. The lowest BCUT2D eigenvalue weighted by atomic mass is 9.90. The fourth-order valence-electron chi connectivity index (χ4n) is 6.67. The number of aliphatic hydroxyl groups is 1. The predicted molar refractivity (Wildman–Crippen MR) is 166 cm³/mol. The summed E-state index contributed by atoms with van der Waals surface area (Å²) in [6.45, 7) is -0.0752. The molecule has 4 N–H and O–H groups in total. The molecule has 0 bridgehead atoms. The van der Waals surface area contributed by atoms with E-state index in [1.165, 1.54) is 0 Å². The molecule has 0 spiro atoms. The van der Waals surface area contributed by atoms with Crippen LogP contribution >= 0.6 is 0 Å². The van der Waals surface area contributed by atoms with E-state index in [4.69, 9.17) is 0 Å². The first-order valence-corrected chi connectivity index (χ1v) is 15.3. The second-order valence-electron chi connectivity index (χ2n) is 11.6. The van der Waals surface area contributed by atoms with Gasteiger partial charge < -0.3 is 26.0 Å². The molecule has 3 aromatic rings. The van der Waals surface area contributed by atoms with Gasteiger partial charge in [-0.3, -0.25) is 14.4 Å². The predicted octanol–water partition coefficient (Wildman–Crippen LogP) is 3.36. The number of benzene rings is 3. The van der Waals surface area contributed by atoms with Crippen molar-refractivity contribution in [1.29, 1.82) is 0 Å². The van der Waals surface area contributed by atoms with E-state index in [-0.39, 0.29) is 42.3 Å². The Morgan fingerprint density at radius 2 is 1.44 bits per heavy atom. The van der Waals surface area contributed by atoms with Crippen molar-refractivity contribution in [2.24, 2.45) is 5.92 Å². The normalized spacial score (nSPS) is 22.5. The van der Waals surface area contributed by atoms with Gasteiger partial charge in [-0.15, -0.1) is 0 Å². The molecule has 43 heavy (non-hydrogen) atoms. The topological polar surface area (TPSA) is 111 Å². The SMILES string of the molecule is CN[C@H](Cc1ccccc1)C(=O)N[C@@H]1C(=O)N2[C@@H](CC[C@@H]1CCO)CC[C@H]2C(=O)NC(c1ccccc1)c1ccccc1. The van der Waals surface area contributed by atoms with Gasteiger partial charge in [0.1, 0.15) is 12.1 Å². The summed E-state index contributed by atoms with van der Waals surface area (Å²) >= 11 is 0. The summed E-state index contributed by atoms with van der Waals surface area (Å²) in [6.07, 6.45) is 3.59. The van der Waals surface area contributed by atoms with Gasteiger partial charge in [0, 0.05) is 12.6 Å². The van der Waals surface area contributed by atoms with Crippen molar-refractivity contribution in [3.63, 3.8) is 0 Å². The average molecular weight is 583 g/mol. The molecule has 2 heterocycles. The number of aliphatic hydroxyl groups excluding tert-OH is 1. The molecule has 2 fully saturated rings. The lowest BCUT2D eigenvalue weighted by Gasteiger charge is -2.33. The number of nitrogens with zero attached hydrogens (tertiary/aromatic N) is 1. The van der Waals surface area contributed by atoms with Crippen molar-refractivity contribution in [3.8, 4) is 0 Å². The first-order valence-electron chi connectivity index (χ1n) is 15.3. The number of likely N-dealkylation sites (N-methyl/N-ethyl adjacent to an activating group) is 1. The van der Waals surface area contributed by atoms with Gasteiger partial charge in [-0.25, -0.2) is 0 Å². The summed E-state index contributed by atoms with van der Waals surface area (Å²) in [5.41, 5.74) is 2.94. The van der Waals surface area contributed by atoms with Crippen molar-refractivity contribution in [3.05, 3.63) is 108 Å². The first-order chi connectivity index (χ1) is 21.0. The van der Waals surface area contributed by atoms with E-state index < -0.39 is 18.1 Å². The van der Waals surface area contributed by atoms with Crippen LogP contribution in [0.25, 0.3) is 0 Å². The summed E-state index contributed by atoms with van der Waals surface area (Å²) in [4.78, 5) is 43.5. The summed E-state index contributed by atoms with van der Waals surface area (Å²) in [6, 6.07) is 27.0. The molecular weight excluding hydrogens is 540 g/mol. The number of rotatable bonds is 11. The van der Waals surface area contributed by atoms with Gasteiger partial charge >= 0.3 is 0 Å². The fourth-order valence-corrected chi connectivity index (χ4v) is 6.67. The second-order valence-corrected chi connectivity index (χ2v) is 11.6. The Labute approximate surface area is 253 Å².